The number of hydrogen-bond donors (Lipinski definition) is 0. The molecule has 0 aliphatic carbocycles. The molecule has 2 aromatic rings. The normalized spacial score (nSPS) is 12.4. The van der Waals surface area contributed by atoms with E-state index in [-0.39, 0.29) is 0 Å². The fraction of sp³-hybridized carbons (Fsp3) is 0.200. The van der Waals surface area contributed by atoms with Gasteiger partial charge in [-0.3, -0.25) is 0 Å². The van der Waals surface area contributed by atoms with Crippen LogP contribution in [0.3, 0.4) is 0 Å². The summed E-state index contributed by atoms with van der Waals surface area (Å²) in [7, 11) is 0. The number of alkyl halides is 1. The molecule has 2 rings (SSSR count). The van der Waals surface area contributed by atoms with E-state index in [0.717, 1.165) is 6.42 Å². The van der Waals surface area contributed by atoms with Crippen molar-refractivity contribution in [2.24, 2.45) is 0 Å². The lowest BCUT2D eigenvalue weighted by molar-refractivity contribution is 0.947. The fourth-order valence-corrected chi connectivity index (χ4v) is 2.80. The summed E-state index contributed by atoms with van der Waals surface area (Å²) in [6, 6.07) is 17.1. The third kappa shape index (κ3) is 3.43. The van der Waals surface area contributed by atoms with E-state index in [1.807, 2.05) is 0 Å². The maximum Gasteiger partial charge on any atom is 0.0436 e. The predicted molar refractivity (Wildman–Crippen MR) is 80.7 cm³/mol. The van der Waals surface area contributed by atoms with E-state index in [2.05, 4.69) is 87.3 Å². The van der Waals surface area contributed by atoms with E-state index in [1.54, 1.807) is 0 Å². The first-order valence-corrected chi connectivity index (χ1v) is 7.32. The Kier molecular flexibility index (Phi) is 4.41. The van der Waals surface area contributed by atoms with Crippen LogP contribution in [-0.4, -0.2) is 0 Å². The Morgan fingerprint density at radius 2 is 1.76 bits per heavy atom. The summed E-state index contributed by atoms with van der Waals surface area (Å²) in [6.07, 6.45) is 1.01. The Morgan fingerprint density at radius 1 is 1.06 bits per heavy atom. The first kappa shape index (κ1) is 12.8. The monoisotopic (exact) mass is 352 g/mol. The van der Waals surface area contributed by atoms with Crippen molar-refractivity contribution in [1.29, 1.82) is 0 Å². The molecule has 0 amide bonds. The van der Waals surface area contributed by atoms with E-state index >= 15 is 0 Å². The van der Waals surface area contributed by atoms with Gasteiger partial charge in [-0.15, -0.1) is 0 Å². The minimum absolute atomic E-state index is 0.363. The second kappa shape index (κ2) is 5.83. The molecule has 0 aromatic heterocycles. The molecule has 0 aliphatic rings. The smallest absolute Gasteiger partial charge is 0.0436 e. The van der Waals surface area contributed by atoms with Crippen molar-refractivity contribution in [3.8, 4) is 0 Å². The van der Waals surface area contributed by atoms with Crippen molar-refractivity contribution in [2.45, 2.75) is 18.2 Å². The SMILES string of the molecule is Cc1ccc(C(Br)Cc2ccccc2)cc1Br. The van der Waals surface area contributed by atoms with E-state index in [9.17, 15) is 0 Å². The summed E-state index contributed by atoms with van der Waals surface area (Å²) >= 11 is 7.34. The van der Waals surface area contributed by atoms with Gasteiger partial charge in [0.2, 0.25) is 0 Å². The highest BCUT2D eigenvalue weighted by molar-refractivity contribution is 9.10. The molecule has 2 heteroatoms. The van der Waals surface area contributed by atoms with Gasteiger partial charge >= 0.3 is 0 Å². The lowest BCUT2D eigenvalue weighted by Gasteiger charge is -2.11. The number of halogens is 2. The first-order chi connectivity index (χ1) is 8.16. The average molecular weight is 354 g/mol. The Hall–Kier alpha value is -0.600. The second-order valence-corrected chi connectivity index (χ2v) is 6.13. The molecule has 2 aromatic carbocycles. The summed E-state index contributed by atoms with van der Waals surface area (Å²) in [5.41, 5.74) is 3.94. The van der Waals surface area contributed by atoms with Crippen molar-refractivity contribution in [2.75, 3.05) is 0 Å². The first-order valence-electron chi connectivity index (χ1n) is 5.61. The summed E-state index contributed by atoms with van der Waals surface area (Å²) in [5.74, 6) is 0. The zero-order valence-electron chi connectivity index (χ0n) is 9.66. The van der Waals surface area contributed by atoms with Gasteiger partial charge in [-0.05, 0) is 36.1 Å². The molecule has 0 fully saturated rings. The predicted octanol–water partition coefficient (Wildman–Crippen LogP) is 5.44. The highest BCUT2D eigenvalue weighted by Gasteiger charge is 2.09. The van der Waals surface area contributed by atoms with Gasteiger partial charge in [-0.25, -0.2) is 0 Å². The van der Waals surface area contributed by atoms with Gasteiger partial charge in [-0.1, -0.05) is 74.3 Å². The summed E-state index contributed by atoms with van der Waals surface area (Å²) in [6.45, 7) is 2.11. The van der Waals surface area contributed by atoms with Crippen LogP contribution in [0.4, 0.5) is 0 Å². The second-order valence-electron chi connectivity index (χ2n) is 4.17. The van der Waals surface area contributed by atoms with Crippen LogP contribution in [0.1, 0.15) is 21.5 Å². The molecule has 0 radical (unpaired) electrons. The van der Waals surface area contributed by atoms with Crippen molar-refractivity contribution in [3.63, 3.8) is 0 Å². The highest BCUT2D eigenvalue weighted by atomic mass is 79.9. The Bertz CT molecular complexity index is 492. The third-order valence-electron chi connectivity index (χ3n) is 2.82. The van der Waals surface area contributed by atoms with Gasteiger partial charge in [0.05, 0.1) is 0 Å². The van der Waals surface area contributed by atoms with Gasteiger partial charge < -0.3 is 0 Å². The Balaban J connectivity index is 2.14. The minimum atomic E-state index is 0.363. The van der Waals surface area contributed by atoms with Crippen LogP contribution in [0.2, 0.25) is 0 Å². The number of benzene rings is 2. The molecule has 1 atom stereocenters. The van der Waals surface area contributed by atoms with Gasteiger partial charge in [0.1, 0.15) is 0 Å². The van der Waals surface area contributed by atoms with Crippen LogP contribution in [0.15, 0.2) is 53.0 Å². The molecular weight excluding hydrogens is 340 g/mol. The largest absolute Gasteiger partial charge is 0.0835 e. The molecule has 1 unspecified atom stereocenters. The van der Waals surface area contributed by atoms with Crippen LogP contribution in [0.5, 0.6) is 0 Å². The van der Waals surface area contributed by atoms with Crippen molar-refractivity contribution >= 4 is 31.9 Å². The van der Waals surface area contributed by atoms with Crippen LogP contribution < -0.4 is 0 Å². The fourth-order valence-electron chi connectivity index (χ4n) is 1.74. The quantitative estimate of drug-likeness (QED) is 0.645. The van der Waals surface area contributed by atoms with E-state index in [4.69, 9.17) is 0 Å². The zero-order valence-corrected chi connectivity index (χ0v) is 12.8. The van der Waals surface area contributed by atoms with Crippen molar-refractivity contribution in [1.82, 2.24) is 0 Å². The molecule has 0 saturated carbocycles. The molecule has 0 saturated heterocycles. The molecule has 0 N–H and O–H groups in total. The summed E-state index contributed by atoms with van der Waals surface area (Å²) in [5, 5.41) is 0. The van der Waals surface area contributed by atoms with Crippen LogP contribution >= 0.6 is 31.9 Å². The lowest BCUT2D eigenvalue weighted by atomic mass is 10.0. The summed E-state index contributed by atoms with van der Waals surface area (Å²) in [4.78, 5) is 0.363. The van der Waals surface area contributed by atoms with E-state index < -0.39 is 0 Å². The molecule has 0 spiro atoms. The van der Waals surface area contributed by atoms with Crippen molar-refractivity contribution in [3.05, 3.63) is 69.7 Å². The Morgan fingerprint density at radius 3 is 2.41 bits per heavy atom. The molecule has 88 valence electrons. The third-order valence-corrected chi connectivity index (χ3v) is 4.52. The van der Waals surface area contributed by atoms with Crippen LogP contribution in [0.25, 0.3) is 0 Å². The highest BCUT2D eigenvalue weighted by Crippen LogP contribution is 2.30. The maximum absolute atomic E-state index is 3.76. The molecule has 0 nitrogen and oxygen atoms in total. The number of rotatable bonds is 3. The molecular formula is C15H14Br2. The molecule has 0 aliphatic heterocycles. The van der Waals surface area contributed by atoms with Crippen molar-refractivity contribution < 1.29 is 0 Å². The van der Waals surface area contributed by atoms with Gasteiger partial charge in [0.15, 0.2) is 0 Å². The van der Waals surface area contributed by atoms with Gasteiger partial charge in [0, 0.05) is 9.30 Å². The van der Waals surface area contributed by atoms with Gasteiger partial charge in [0.25, 0.3) is 0 Å². The average Bonchev–Trinajstić information content (AvgIpc) is 2.34. The summed E-state index contributed by atoms with van der Waals surface area (Å²) < 4.78 is 1.17. The van der Waals surface area contributed by atoms with Crippen LogP contribution in [-0.2, 0) is 6.42 Å². The molecule has 0 bridgehead atoms. The van der Waals surface area contributed by atoms with E-state index in [0.29, 0.717) is 4.83 Å². The lowest BCUT2D eigenvalue weighted by Crippen LogP contribution is -1.95. The molecule has 17 heavy (non-hydrogen) atoms. The Labute approximate surface area is 119 Å². The standard InChI is InChI=1S/C15H14Br2/c1-11-7-8-13(10-14(11)16)15(17)9-12-5-3-2-4-6-12/h2-8,10,15H,9H2,1H3. The topological polar surface area (TPSA) is 0 Å². The number of aryl methyl sites for hydroxylation is 1. The van der Waals surface area contributed by atoms with E-state index in [1.165, 1.54) is 21.2 Å². The van der Waals surface area contributed by atoms with Gasteiger partial charge in [-0.2, -0.15) is 0 Å². The zero-order chi connectivity index (χ0) is 12.3. The minimum Gasteiger partial charge on any atom is -0.0835 e. The van der Waals surface area contributed by atoms with Crippen LogP contribution in [0, 0.1) is 6.92 Å². The maximum atomic E-state index is 3.76. The molecule has 0 heterocycles. The number of hydrogen-bond acceptors (Lipinski definition) is 0.